The van der Waals surface area contributed by atoms with Crippen LogP contribution in [0.1, 0.15) is 5.56 Å². The summed E-state index contributed by atoms with van der Waals surface area (Å²) in [6, 6.07) is 9.18. The fourth-order valence-electron chi connectivity index (χ4n) is 1.63. The van der Waals surface area contributed by atoms with Crippen molar-refractivity contribution < 1.29 is 19.1 Å². The second-order valence-corrected chi connectivity index (χ2v) is 5.97. The molecule has 0 saturated heterocycles. The molecular formula is C13H10Br2O4. The second-order valence-electron chi connectivity index (χ2n) is 3.87. The van der Waals surface area contributed by atoms with Crippen LogP contribution in [0, 0.1) is 0 Å². The van der Waals surface area contributed by atoms with Crippen molar-refractivity contribution in [2.75, 3.05) is 7.11 Å². The molecule has 1 aliphatic heterocycles. The van der Waals surface area contributed by atoms with E-state index >= 15 is 0 Å². The Labute approximate surface area is 127 Å². The van der Waals surface area contributed by atoms with Crippen LogP contribution >= 0.6 is 31.9 Å². The zero-order valence-electron chi connectivity index (χ0n) is 9.93. The number of benzene rings is 1. The molecule has 100 valence electrons. The summed E-state index contributed by atoms with van der Waals surface area (Å²) in [5.41, 5.74) is 0.766. The van der Waals surface area contributed by atoms with Crippen LogP contribution in [-0.2, 0) is 19.1 Å². The summed E-state index contributed by atoms with van der Waals surface area (Å²) in [6.45, 7) is 0. The molecule has 0 saturated carbocycles. The first-order valence-electron chi connectivity index (χ1n) is 5.40. The number of ether oxygens (including phenoxy) is 2. The van der Waals surface area contributed by atoms with Crippen LogP contribution in [-0.4, -0.2) is 28.2 Å². The number of alkyl halides is 2. The molecule has 1 aromatic carbocycles. The Kier molecular flexibility index (Phi) is 4.10. The number of hydrogen-bond donors (Lipinski definition) is 0. The number of esters is 1. The van der Waals surface area contributed by atoms with E-state index in [9.17, 15) is 9.59 Å². The Bertz CT molecular complexity index is 541. The van der Waals surface area contributed by atoms with Crippen LogP contribution in [0.2, 0.25) is 0 Å². The van der Waals surface area contributed by atoms with Gasteiger partial charge in [0.2, 0.25) is 10.3 Å². The maximum Gasteiger partial charge on any atom is 0.325 e. The van der Waals surface area contributed by atoms with Crippen molar-refractivity contribution in [2.24, 2.45) is 0 Å². The average Bonchev–Trinajstić information content (AvgIpc) is 2.75. The molecule has 0 amide bonds. The van der Waals surface area contributed by atoms with E-state index in [1.165, 1.54) is 13.2 Å². The highest BCUT2D eigenvalue weighted by atomic mass is 79.9. The Balaban J connectivity index is 2.27. The summed E-state index contributed by atoms with van der Waals surface area (Å²) in [5.74, 6) is -0.526. The summed E-state index contributed by atoms with van der Waals surface area (Å²) < 4.78 is 8.75. The average molecular weight is 390 g/mol. The number of methoxy groups -OCH3 is 1. The summed E-state index contributed by atoms with van der Waals surface area (Å²) in [6.07, 6.45) is 1.36. The first-order chi connectivity index (χ1) is 8.99. The molecule has 0 N–H and O–H groups in total. The van der Waals surface area contributed by atoms with Crippen molar-refractivity contribution in [3.05, 3.63) is 42.0 Å². The predicted octanol–water partition coefficient (Wildman–Crippen LogP) is 2.65. The fraction of sp³-hybridized carbons (Fsp3) is 0.231. The van der Waals surface area contributed by atoms with Crippen molar-refractivity contribution in [1.82, 2.24) is 0 Å². The van der Waals surface area contributed by atoms with Gasteiger partial charge in [-0.1, -0.05) is 46.3 Å². The topological polar surface area (TPSA) is 52.6 Å². The normalized spacial score (nSPS) is 23.5. The quantitative estimate of drug-likeness (QED) is 0.589. The van der Waals surface area contributed by atoms with Crippen molar-refractivity contribution in [3.8, 4) is 0 Å². The zero-order valence-corrected chi connectivity index (χ0v) is 13.1. The maximum atomic E-state index is 12.1. The summed E-state index contributed by atoms with van der Waals surface area (Å²) in [4.78, 5) is 22.7. The molecule has 0 aliphatic carbocycles. The van der Waals surface area contributed by atoms with Gasteiger partial charge in [0.15, 0.2) is 4.83 Å². The van der Waals surface area contributed by atoms with Gasteiger partial charge in [-0.3, -0.25) is 9.59 Å². The molecule has 2 atom stereocenters. The molecule has 19 heavy (non-hydrogen) atoms. The van der Waals surface area contributed by atoms with E-state index < -0.39 is 15.3 Å². The van der Waals surface area contributed by atoms with Crippen molar-refractivity contribution in [1.29, 1.82) is 0 Å². The molecule has 0 radical (unpaired) electrons. The highest BCUT2D eigenvalue weighted by Crippen LogP contribution is 2.41. The predicted molar refractivity (Wildman–Crippen MR) is 76.9 cm³/mol. The lowest BCUT2D eigenvalue weighted by Gasteiger charge is -2.25. The van der Waals surface area contributed by atoms with Gasteiger partial charge in [0.1, 0.15) is 5.76 Å². The minimum absolute atomic E-state index is 0.348. The monoisotopic (exact) mass is 388 g/mol. The number of hydrogen-bond acceptors (Lipinski definition) is 4. The molecule has 1 aromatic rings. The third-order valence-electron chi connectivity index (χ3n) is 2.65. The maximum absolute atomic E-state index is 12.1. The third-order valence-corrected chi connectivity index (χ3v) is 5.29. The van der Waals surface area contributed by atoms with E-state index in [-0.39, 0.29) is 5.78 Å². The van der Waals surface area contributed by atoms with E-state index in [4.69, 9.17) is 4.74 Å². The lowest BCUT2D eigenvalue weighted by atomic mass is 10.1. The number of carbonyl (C=O) groups is 2. The summed E-state index contributed by atoms with van der Waals surface area (Å²) in [5, 5.41) is 0. The summed E-state index contributed by atoms with van der Waals surface area (Å²) in [7, 11) is 1.25. The number of ketones is 1. The van der Waals surface area contributed by atoms with E-state index in [0.717, 1.165) is 5.56 Å². The van der Waals surface area contributed by atoms with Crippen LogP contribution < -0.4 is 0 Å². The smallest absolute Gasteiger partial charge is 0.325 e. The van der Waals surface area contributed by atoms with Crippen LogP contribution in [0.5, 0.6) is 0 Å². The third kappa shape index (κ3) is 2.60. The molecule has 0 bridgehead atoms. The highest BCUT2D eigenvalue weighted by Gasteiger charge is 2.52. The Morgan fingerprint density at radius 1 is 1.37 bits per heavy atom. The SMILES string of the molecule is COC(=O)[C@H](Br)[C@]1(Br)OC(c2ccccc2)=CC1=O. The minimum Gasteiger partial charge on any atom is -0.468 e. The van der Waals surface area contributed by atoms with Gasteiger partial charge in [0, 0.05) is 11.6 Å². The summed E-state index contributed by atoms with van der Waals surface area (Å²) >= 11 is 6.31. The fourth-order valence-corrected chi connectivity index (χ4v) is 2.62. The molecule has 0 fully saturated rings. The molecule has 1 aliphatic rings. The van der Waals surface area contributed by atoms with Crippen LogP contribution in [0.15, 0.2) is 36.4 Å². The molecule has 6 heteroatoms. The first kappa shape index (κ1) is 14.3. The standard InChI is InChI=1S/C13H10Br2O4/c1-18-12(17)11(14)13(15)10(16)7-9(19-13)8-5-3-2-4-6-8/h2-7,11H,1H3/t11-,13+/m0/s1. The van der Waals surface area contributed by atoms with Gasteiger partial charge in [0.05, 0.1) is 7.11 Å². The van der Waals surface area contributed by atoms with Crippen molar-refractivity contribution in [2.45, 2.75) is 9.34 Å². The number of rotatable bonds is 3. The van der Waals surface area contributed by atoms with Gasteiger partial charge < -0.3 is 9.47 Å². The second kappa shape index (κ2) is 5.46. The molecular weight excluding hydrogens is 380 g/mol. The number of halogens is 2. The van der Waals surface area contributed by atoms with Gasteiger partial charge in [-0.05, 0) is 15.9 Å². The van der Waals surface area contributed by atoms with Gasteiger partial charge in [-0.2, -0.15) is 0 Å². The van der Waals surface area contributed by atoms with E-state index in [0.29, 0.717) is 5.76 Å². The zero-order chi connectivity index (χ0) is 14.0. The molecule has 2 rings (SSSR count). The molecule has 4 nitrogen and oxygen atoms in total. The van der Waals surface area contributed by atoms with E-state index in [2.05, 4.69) is 36.6 Å². The van der Waals surface area contributed by atoms with Crippen molar-refractivity contribution in [3.63, 3.8) is 0 Å². The molecule has 0 unspecified atom stereocenters. The number of carbonyl (C=O) groups excluding carboxylic acids is 2. The van der Waals surface area contributed by atoms with Crippen LogP contribution in [0.25, 0.3) is 5.76 Å². The van der Waals surface area contributed by atoms with Crippen LogP contribution in [0.4, 0.5) is 0 Å². The molecule has 0 aromatic heterocycles. The first-order valence-corrected chi connectivity index (χ1v) is 7.11. The van der Waals surface area contributed by atoms with Gasteiger partial charge in [-0.15, -0.1) is 0 Å². The van der Waals surface area contributed by atoms with Crippen molar-refractivity contribution >= 4 is 49.4 Å². The van der Waals surface area contributed by atoms with E-state index in [1.807, 2.05) is 30.3 Å². The van der Waals surface area contributed by atoms with Gasteiger partial charge in [0.25, 0.3) is 0 Å². The highest BCUT2D eigenvalue weighted by molar-refractivity contribution is 9.13. The van der Waals surface area contributed by atoms with Crippen LogP contribution in [0.3, 0.4) is 0 Å². The Morgan fingerprint density at radius 3 is 2.58 bits per heavy atom. The van der Waals surface area contributed by atoms with Gasteiger partial charge >= 0.3 is 5.97 Å². The molecule has 1 heterocycles. The lowest BCUT2D eigenvalue weighted by molar-refractivity contribution is -0.144. The van der Waals surface area contributed by atoms with E-state index in [1.54, 1.807) is 0 Å². The Morgan fingerprint density at radius 2 is 2.00 bits per heavy atom. The van der Waals surface area contributed by atoms with Gasteiger partial charge in [-0.25, -0.2) is 0 Å². The molecule has 0 spiro atoms. The minimum atomic E-state index is -1.47. The lowest BCUT2D eigenvalue weighted by Crippen LogP contribution is -2.43. The largest absolute Gasteiger partial charge is 0.468 e. The Hall–Kier alpha value is -1.14.